The topological polar surface area (TPSA) is 166 Å². The first-order valence-corrected chi connectivity index (χ1v) is 28.5. The van der Waals surface area contributed by atoms with Crippen molar-refractivity contribution in [3.63, 3.8) is 0 Å². The molecule has 2 aromatic heterocycles. The molecule has 10 rings (SSSR count). The van der Waals surface area contributed by atoms with Crippen molar-refractivity contribution in [2.75, 3.05) is 20.2 Å². The highest BCUT2D eigenvalue weighted by Gasteiger charge is 2.34. The zero-order valence-corrected chi connectivity index (χ0v) is 50.0. The summed E-state index contributed by atoms with van der Waals surface area (Å²) in [6.45, 7) is 32.0. The van der Waals surface area contributed by atoms with Gasteiger partial charge in [0.2, 0.25) is 0 Å². The molecule has 4 atom stereocenters. The Labute approximate surface area is 476 Å². The number of aromatic nitrogens is 6. The second kappa shape index (κ2) is 23.2. The van der Waals surface area contributed by atoms with Crippen LogP contribution in [0.5, 0.6) is 0 Å². The lowest BCUT2D eigenvalue weighted by Crippen LogP contribution is -2.37. The number of hydrogen-bond donors (Lipinski definition) is 1. The fourth-order valence-electron chi connectivity index (χ4n) is 12.7. The first-order chi connectivity index (χ1) is 38.6. The van der Waals surface area contributed by atoms with Gasteiger partial charge in [-0.1, -0.05) is 84.9 Å². The zero-order valence-electron chi connectivity index (χ0n) is 50.0. The molecule has 2 amide bonds. The monoisotopic (exact) mass is 1090 g/mol. The average Bonchev–Trinajstić information content (AvgIpc) is 4.12. The predicted molar refractivity (Wildman–Crippen MR) is 318 cm³/mol. The molecule has 0 fully saturated rings. The number of esters is 1. The molecule has 0 spiro atoms. The molecule has 8 aromatic rings. The molecule has 2 aliphatic heterocycles. The maximum Gasteiger partial charge on any atom is 0.309 e. The summed E-state index contributed by atoms with van der Waals surface area (Å²) in [6, 6.07) is 25.2. The van der Waals surface area contributed by atoms with E-state index in [1.165, 1.54) is 18.2 Å². The van der Waals surface area contributed by atoms with Crippen LogP contribution < -0.4 is 0 Å². The number of methoxy groups -OCH3 is 1. The Balaban J connectivity index is 0.000000196. The molecular weight excluding hydrogens is 1010 g/mol. The quantitative estimate of drug-likeness (QED) is 0.116. The van der Waals surface area contributed by atoms with Crippen molar-refractivity contribution in [1.29, 1.82) is 0 Å². The third-order valence-electron chi connectivity index (χ3n) is 18.1. The van der Waals surface area contributed by atoms with Crippen molar-refractivity contribution in [2.45, 2.75) is 148 Å². The second-order valence-electron chi connectivity index (χ2n) is 22.8. The van der Waals surface area contributed by atoms with Gasteiger partial charge in [0.1, 0.15) is 11.0 Å². The van der Waals surface area contributed by atoms with Crippen molar-refractivity contribution in [3.05, 3.63) is 184 Å². The third kappa shape index (κ3) is 10.7. The van der Waals surface area contributed by atoms with Gasteiger partial charge in [0, 0.05) is 62.2 Å². The number of carboxylic acid groups (broad SMARTS) is 1. The maximum atomic E-state index is 13.9. The molecule has 1 N–H and O–H groups in total. The number of aliphatic carboxylic acids is 1. The molecule has 14 nitrogen and oxygen atoms in total. The summed E-state index contributed by atoms with van der Waals surface area (Å²) >= 11 is 0. The van der Waals surface area contributed by atoms with Crippen LogP contribution in [-0.2, 0) is 53.3 Å². The molecule has 0 radical (unpaired) electrons. The van der Waals surface area contributed by atoms with E-state index in [0.29, 0.717) is 32.7 Å². The number of carboxylic acids is 1. The van der Waals surface area contributed by atoms with Gasteiger partial charge >= 0.3 is 11.9 Å². The Hall–Kier alpha value is -8.00. The largest absolute Gasteiger partial charge is 0.481 e. The minimum absolute atomic E-state index is 0.0635. The summed E-state index contributed by atoms with van der Waals surface area (Å²) < 4.78 is 8.95. The number of carbonyl (C=O) groups is 4. The van der Waals surface area contributed by atoms with Crippen LogP contribution in [0.25, 0.3) is 22.1 Å². The molecule has 0 unspecified atom stereocenters. The molecule has 0 aliphatic carbocycles. The number of carbonyl (C=O) groups excluding carboxylic acids is 3. The van der Waals surface area contributed by atoms with Gasteiger partial charge in [-0.2, -0.15) is 0 Å². The van der Waals surface area contributed by atoms with Crippen molar-refractivity contribution >= 4 is 45.8 Å². The maximum absolute atomic E-state index is 13.9. The minimum atomic E-state index is -0.850. The van der Waals surface area contributed by atoms with Gasteiger partial charge in [0.25, 0.3) is 11.8 Å². The van der Waals surface area contributed by atoms with Gasteiger partial charge in [-0.25, -0.2) is 9.36 Å². The van der Waals surface area contributed by atoms with Gasteiger partial charge in [-0.15, -0.1) is 10.2 Å². The molecule has 81 heavy (non-hydrogen) atoms. The second-order valence-corrected chi connectivity index (χ2v) is 22.8. The molecule has 0 bridgehead atoms. The SMILES string of the molecule is CCn1nnc2c(C)c([C@H](c3ccc4c(c3)CN(C(=O)c3c(C)c(C)cc(C)c3C)CC4)[C@H](C)C(=O)O)ccc21.CCn1nnc2c(C)c([C@H](c3ccc4c(c3)CN(C(=O)c3c(C)c(C)cc(C)c3C)CC4)[C@H](C)C(=O)OC)ccc21. The molecule has 4 heterocycles. The van der Waals surface area contributed by atoms with E-state index >= 15 is 0 Å². The summed E-state index contributed by atoms with van der Waals surface area (Å²) in [6.07, 6.45) is 1.57. The summed E-state index contributed by atoms with van der Waals surface area (Å²) in [5, 5.41) is 27.6. The highest BCUT2D eigenvalue weighted by atomic mass is 16.5. The highest BCUT2D eigenvalue weighted by Crippen LogP contribution is 2.41. The van der Waals surface area contributed by atoms with Crippen LogP contribution >= 0.6 is 0 Å². The molecule has 0 saturated carbocycles. The van der Waals surface area contributed by atoms with Crippen LogP contribution in [0, 0.1) is 81.1 Å². The van der Waals surface area contributed by atoms with Crippen molar-refractivity contribution in [3.8, 4) is 0 Å². The highest BCUT2D eigenvalue weighted by molar-refractivity contribution is 5.99. The van der Waals surface area contributed by atoms with Gasteiger partial charge in [0.05, 0.1) is 30.0 Å². The Morgan fingerprint density at radius 3 is 1.26 bits per heavy atom. The smallest absolute Gasteiger partial charge is 0.309 e. The van der Waals surface area contributed by atoms with Crippen molar-refractivity contribution in [2.24, 2.45) is 11.8 Å². The fourth-order valence-corrected chi connectivity index (χ4v) is 12.7. The van der Waals surface area contributed by atoms with Gasteiger partial charge in [-0.3, -0.25) is 19.2 Å². The summed E-state index contributed by atoms with van der Waals surface area (Å²) in [7, 11) is 1.44. The standard InChI is InChI=1S/C34H40N4O3.C33H38N4O3/c1-9-38-29-13-12-28(23(6)32(29)35-36-38)31(24(7)34(40)41-8)26-11-10-25-14-15-37(18-27(25)17-26)33(39)30-21(4)19(2)16-20(3)22(30)5;1-8-37-28-12-11-27(22(6)31(28)34-35-37)30(23(7)33(39)40)25-10-9-24-13-14-36(17-26(24)16-25)32(38)29-20(4)18(2)15-19(3)21(29)5/h10-13,16-17,24,31H,9,14-15,18H2,1-8H3;9-12,15-16,23,30H,8,13-14,17H2,1-7H3,(H,39,40)/t24-,31-;23-,30-/m00/s1. The van der Waals surface area contributed by atoms with Crippen LogP contribution in [0.2, 0.25) is 0 Å². The Morgan fingerprint density at radius 1 is 0.519 bits per heavy atom. The van der Waals surface area contributed by atoms with E-state index < -0.39 is 17.8 Å². The van der Waals surface area contributed by atoms with E-state index in [2.05, 4.69) is 110 Å². The lowest BCUT2D eigenvalue weighted by Gasteiger charge is -2.32. The first-order valence-electron chi connectivity index (χ1n) is 28.5. The van der Waals surface area contributed by atoms with Crippen LogP contribution in [0.1, 0.15) is 160 Å². The molecule has 422 valence electrons. The molecular formula is C67H78N8O6. The molecule has 0 saturated heterocycles. The fraction of sp³-hybridized carbons (Fsp3) is 0.403. The minimum Gasteiger partial charge on any atom is -0.481 e. The zero-order chi connectivity index (χ0) is 58.5. The molecule has 6 aromatic carbocycles. The Kier molecular flexibility index (Phi) is 16.5. The van der Waals surface area contributed by atoms with Crippen LogP contribution in [0.3, 0.4) is 0 Å². The summed E-state index contributed by atoms with van der Waals surface area (Å²) in [5.41, 5.74) is 24.5. The number of fused-ring (bicyclic) bond motifs is 4. The van der Waals surface area contributed by atoms with Gasteiger partial charge in [-0.05, 0) is 208 Å². The number of hydrogen-bond acceptors (Lipinski definition) is 9. The van der Waals surface area contributed by atoms with E-state index in [1.807, 2.05) is 92.8 Å². The molecule has 2 aliphatic rings. The summed E-state index contributed by atoms with van der Waals surface area (Å²) in [4.78, 5) is 56.9. The number of amides is 2. The number of nitrogens with zero attached hydrogens (tertiary/aromatic N) is 8. The van der Waals surface area contributed by atoms with E-state index in [4.69, 9.17) is 4.74 Å². The normalized spacial score (nSPS) is 14.7. The number of ether oxygens (including phenoxy) is 1. The number of rotatable bonds is 12. The van der Waals surface area contributed by atoms with Crippen molar-refractivity contribution in [1.82, 2.24) is 39.8 Å². The lowest BCUT2D eigenvalue weighted by atomic mass is 9.78. The average molecular weight is 1090 g/mol. The van der Waals surface area contributed by atoms with Crippen LogP contribution in [0.4, 0.5) is 0 Å². The lowest BCUT2D eigenvalue weighted by molar-refractivity contribution is -0.145. The van der Waals surface area contributed by atoms with E-state index in [1.54, 1.807) is 6.92 Å². The Morgan fingerprint density at radius 2 is 0.901 bits per heavy atom. The van der Waals surface area contributed by atoms with Crippen LogP contribution in [-0.4, -0.2) is 88.8 Å². The van der Waals surface area contributed by atoms with Gasteiger partial charge in [0.15, 0.2) is 0 Å². The third-order valence-corrected chi connectivity index (χ3v) is 18.1. The first kappa shape index (κ1) is 57.7. The number of benzene rings is 6. The summed E-state index contributed by atoms with van der Waals surface area (Å²) in [5.74, 6) is -2.64. The van der Waals surface area contributed by atoms with Gasteiger partial charge < -0.3 is 19.6 Å². The van der Waals surface area contributed by atoms with E-state index in [9.17, 15) is 24.3 Å². The molecule has 14 heteroatoms. The predicted octanol–water partition coefficient (Wildman–Crippen LogP) is 12.2. The number of aryl methyl sites for hydroxylation is 8. The van der Waals surface area contributed by atoms with E-state index in [0.717, 1.165) is 142 Å². The van der Waals surface area contributed by atoms with E-state index in [-0.39, 0.29) is 29.6 Å². The van der Waals surface area contributed by atoms with Crippen molar-refractivity contribution < 1.29 is 29.0 Å². The van der Waals surface area contributed by atoms with Crippen LogP contribution in [0.15, 0.2) is 72.8 Å². The Bertz CT molecular complexity index is 3760.